The van der Waals surface area contributed by atoms with Crippen molar-refractivity contribution >= 4 is 0 Å². The summed E-state index contributed by atoms with van der Waals surface area (Å²) in [6.45, 7) is 10.8. The highest BCUT2D eigenvalue weighted by Crippen LogP contribution is 2.57. The van der Waals surface area contributed by atoms with Gasteiger partial charge in [0, 0.05) is 26.2 Å². The topological polar surface area (TPSA) is 23.5 Å². The number of benzene rings is 1. The maximum absolute atomic E-state index is 9.82. The molecule has 2 atom stereocenters. The minimum Gasteiger partial charge on any atom is -0.396 e. The Hall–Kier alpha value is -0.860. The second-order valence-corrected chi connectivity index (χ2v) is 8.75. The average molecular weight is 287 g/mol. The van der Waals surface area contributed by atoms with E-state index in [0.29, 0.717) is 17.4 Å². The Labute approximate surface area is 129 Å². The third-order valence-corrected chi connectivity index (χ3v) is 5.40. The number of hydrogen-bond donors (Lipinski definition) is 1. The van der Waals surface area contributed by atoms with Gasteiger partial charge in [0.1, 0.15) is 0 Å². The molecule has 3 rings (SSSR count). The molecule has 1 aromatic rings. The third-order valence-electron chi connectivity index (χ3n) is 5.40. The van der Waals surface area contributed by atoms with Crippen molar-refractivity contribution in [1.82, 2.24) is 4.90 Å². The van der Waals surface area contributed by atoms with Crippen LogP contribution in [0.2, 0.25) is 0 Å². The number of rotatable bonds is 3. The van der Waals surface area contributed by atoms with E-state index in [1.807, 2.05) is 0 Å². The van der Waals surface area contributed by atoms with Gasteiger partial charge in [-0.1, -0.05) is 51.1 Å². The zero-order valence-corrected chi connectivity index (χ0v) is 13.7. The van der Waals surface area contributed by atoms with Gasteiger partial charge in [0.2, 0.25) is 0 Å². The van der Waals surface area contributed by atoms with E-state index in [2.05, 4.69) is 56.0 Å². The molecule has 0 amide bonds. The lowest BCUT2D eigenvalue weighted by atomic mass is 9.52. The van der Waals surface area contributed by atoms with Crippen molar-refractivity contribution in [3.05, 3.63) is 35.9 Å². The van der Waals surface area contributed by atoms with E-state index in [1.165, 1.54) is 12.0 Å². The molecule has 2 heteroatoms. The largest absolute Gasteiger partial charge is 0.396 e. The van der Waals surface area contributed by atoms with E-state index in [4.69, 9.17) is 0 Å². The molecule has 1 heterocycles. The average Bonchev–Trinajstić information content (AvgIpc) is 2.36. The standard InChI is InChI=1S/C19H29NO/c1-17-10-18(2,12-19(3,11-17)15-21)14-20(13-17)9-16-7-5-4-6-8-16/h4-8,21H,9-15H2,1-3H3. The van der Waals surface area contributed by atoms with Crippen LogP contribution >= 0.6 is 0 Å². The quantitative estimate of drug-likeness (QED) is 0.916. The lowest BCUT2D eigenvalue weighted by Gasteiger charge is -2.59. The summed E-state index contributed by atoms with van der Waals surface area (Å²) in [5.74, 6) is 0. The number of piperidine rings is 1. The molecule has 1 aliphatic carbocycles. The van der Waals surface area contributed by atoms with E-state index >= 15 is 0 Å². The van der Waals surface area contributed by atoms with Gasteiger partial charge >= 0.3 is 0 Å². The Balaban J connectivity index is 1.78. The minimum atomic E-state index is 0.112. The van der Waals surface area contributed by atoms with Crippen molar-refractivity contribution < 1.29 is 5.11 Å². The van der Waals surface area contributed by atoms with Crippen LogP contribution in [0.4, 0.5) is 0 Å². The van der Waals surface area contributed by atoms with Crippen LogP contribution in [0.3, 0.4) is 0 Å². The Morgan fingerprint density at radius 2 is 1.52 bits per heavy atom. The van der Waals surface area contributed by atoms with Crippen LogP contribution in [-0.2, 0) is 6.54 Å². The van der Waals surface area contributed by atoms with Crippen molar-refractivity contribution in [2.45, 2.75) is 46.6 Å². The maximum atomic E-state index is 9.82. The molecule has 1 aromatic carbocycles. The van der Waals surface area contributed by atoms with Gasteiger partial charge in [0.05, 0.1) is 0 Å². The third kappa shape index (κ3) is 3.17. The summed E-state index contributed by atoms with van der Waals surface area (Å²) in [6, 6.07) is 10.8. The van der Waals surface area contributed by atoms with Crippen LogP contribution in [0.15, 0.2) is 30.3 Å². The van der Waals surface area contributed by atoms with Gasteiger partial charge in [-0.05, 0) is 41.1 Å². The zero-order valence-electron chi connectivity index (χ0n) is 13.7. The molecular weight excluding hydrogens is 258 g/mol. The van der Waals surface area contributed by atoms with Gasteiger partial charge in [-0.25, -0.2) is 0 Å². The van der Waals surface area contributed by atoms with Crippen LogP contribution in [0, 0.1) is 16.2 Å². The van der Waals surface area contributed by atoms with Crippen LogP contribution in [0.5, 0.6) is 0 Å². The highest BCUT2D eigenvalue weighted by atomic mass is 16.3. The van der Waals surface area contributed by atoms with E-state index in [0.717, 1.165) is 32.5 Å². The molecule has 2 aliphatic rings. The molecule has 1 saturated carbocycles. The highest BCUT2D eigenvalue weighted by Gasteiger charge is 2.52. The van der Waals surface area contributed by atoms with E-state index in [1.54, 1.807) is 0 Å². The molecule has 2 nitrogen and oxygen atoms in total. The van der Waals surface area contributed by atoms with Crippen molar-refractivity contribution in [2.75, 3.05) is 19.7 Å². The smallest absolute Gasteiger partial charge is 0.0485 e. The van der Waals surface area contributed by atoms with Crippen LogP contribution in [0.25, 0.3) is 0 Å². The molecule has 21 heavy (non-hydrogen) atoms. The van der Waals surface area contributed by atoms with Crippen molar-refractivity contribution in [2.24, 2.45) is 16.2 Å². The molecule has 116 valence electrons. The fourth-order valence-corrected chi connectivity index (χ4v) is 5.70. The number of aliphatic hydroxyl groups is 1. The Morgan fingerprint density at radius 1 is 0.952 bits per heavy atom. The first-order chi connectivity index (χ1) is 9.84. The summed E-state index contributed by atoms with van der Waals surface area (Å²) in [6.07, 6.45) is 3.61. The first-order valence-corrected chi connectivity index (χ1v) is 8.21. The molecule has 2 fully saturated rings. The molecule has 1 N–H and O–H groups in total. The lowest BCUT2D eigenvalue weighted by molar-refractivity contribution is -0.105. The molecule has 0 spiro atoms. The van der Waals surface area contributed by atoms with Gasteiger partial charge in [-0.15, -0.1) is 0 Å². The number of nitrogens with zero attached hydrogens (tertiary/aromatic N) is 1. The van der Waals surface area contributed by atoms with Gasteiger partial charge in [-0.2, -0.15) is 0 Å². The zero-order chi connectivity index (χ0) is 15.1. The van der Waals surface area contributed by atoms with Crippen molar-refractivity contribution in [1.29, 1.82) is 0 Å². The number of fused-ring (bicyclic) bond motifs is 2. The molecule has 0 aromatic heterocycles. The normalized spacial score (nSPS) is 40.2. The summed E-state index contributed by atoms with van der Waals surface area (Å²) in [7, 11) is 0. The van der Waals surface area contributed by atoms with Crippen molar-refractivity contribution in [3.8, 4) is 0 Å². The van der Waals surface area contributed by atoms with E-state index in [-0.39, 0.29) is 5.41 Å². The molecule has 1 saturated heterocycles. The summed E-state index contributed by atoms with van der Waals surface area (Å²) < 4.78 is 0. The van der Waals surface area contributed by atoms with E-state index < -0.39 is 0 Å². The Bertz CT molecular complexity index is 480. The van der Waals surface area contributed by atoms with Crippen LogP contribution in [0.1, 0.15) is 45.6 Å². The highest BCUT2D eigenvalue weighted by molar-refractivity contribution is 5.15. The summed E-state index contributed by atoms with van der Waals surface area (Å²) in [5.41, 5.74) is 2.21. The molecule has 2 unspecified atom stereocenters. The van der Waals surface area contributed by atoms with Gasteiger partial charge in [0.25, 0.3) is 0 Å². The summed E-state index contributed by atoms with van der Waals surface area (Å²) in [5, 5.41) is 9.82. The summed E-state index contributed by atoms with van der Waals surface area (Å²) in [4.78, 5) is 2.63. The van der Waals surface area contributed by atoms with Crippen molar-refractivity contribution in [3.63, 3.8) is 0 Å². The Morgan fingerprint density at radius 3 is 2.05 bits per heavy atom. The molecular formula is C19H29NO. The lowest BCUT2D eigenvalue weighted by Crippen LogP contribution is -2.57. The second-order valence-electron chi connectivity index (χ2n) is 8.75. The Kier molecular flexibility index (Phi) is 3.66. The molecule has 2 bridgehead atoms. The van der Waals surface area contributed by atoms with Gasteiger partial charge < -0.3 is 5.11 Å². The van der Waals surface area contributed by atoms with Gasteiger partial charge in [-0.3, -0.25) is 4.90 Å². The number of aliphatic hydroxyl groups excluding tert-OH is 1. The first kappa shape index (κ1) is 15.1. The monoisotopic (exact) mass is 287 g/mol. The fraction of sp³-hybridized carbons (Fsp3) is 0.684. The fourth-order valence-electron chi connectivity index (χ4n) is 5.70. The molecule has 0 radical (unpaired) electrons. The predicted molar refractivity (Wildman–Crippen MR) is 87.0 cm³/mol. The summed E-state index contributed by atoms with van der Waals surface area (Å²) >= 11 is 0. The minimum absolute atomic E-state index is 0.112. The second kappa shape index (κ2) is 5.10. The number of likely N-dealkylation sites (tertiary alicyclic amines) is 1. The van der Waals surface area contributed by atoms with Gasteiger partial charge in [0.15, 0.2) is 0 Å². The maximum Gasteiger partial charge on any atom is 0.0485 e. The van der Waals surface area contributed by atoms with E-state index in [9.17, 15) is 5.11 Å². The van der Waals surface area contributed by atoms with Crippen LogP contribution < -0.4 is 0 Å². The van der Waals surface area contributed by atoms with Crippen LogP contribution in [-0.4, -0.2) is 29.7 Å². The predicted octanol–water partition coefficient (Wildman–Crippen LogP) is 3.70. The first-order valence-electron chi connectivity index (χ1n) is 8.21. The molecule has 1 aliphatic heterocycles. The SMILES string of the molecule is CC1(CO)CC2(C)CN(Cc3ccccc3)CC(C)(C1)C2. The number of hydrogen-bond acceptors (Lipinski definition) is 2.